The predicted octanol–water partition coefficient (Wildman–Crippen LogP) is 6.02. The van der Waals surface area contributed by atoms with E-state index in [1.54, 1.807) is 11.6 Å². The SMILES string of the molecule is Cc1nn(-c2ccccc2)c2ncc(NC(=O)c3cc(C(F)(F)F)cc(C(F)(F)F)c3)cc12. The number of aryl methyl sites for hydroxylation is 1. The van der Waals surface area contributed by atoms with E-state index in [1.807, 2.05) is 30.3 Å². The minimum Gasteiger partial charge on any atom is -0.321 e. The number of fused-ring (bicyclic) bond motifs is 1. The lowest BCUT2D eigenvalue weighted by molar-refractivity contribution is -0.143. The molecule has 0 saturated heterocycles. The number of aromatic nitrogens is 3. The van der Waals surface area contributed by atoms with Crippen molar-refractivity contribution < 1.29 is 31.1 Å². The summed E-state index contributed by atoms with van der Waals surface area (Å²) in [6.07, 6.45) is -8.86. The molecule has 11 heteroatoms. The molecule has 0 atom stereocenters. The minimum absolute atomic E-state index is 0.0360. The highest BCUT2D eigenvalue weighted by Gasteiger charge is 2.37. The number of pyridine rings is 1. The van der Waals surface area contributed by atoms with Crippen molar-refractivity contribution in [1.82, 2.24) is 14.8 Å². The summed E-state index contributed by atoms with van der Waals surface area (Å²) in [5.41, 5.74) is -2.07. The summed E-state index contributed by atoms with van der Waals surface area (Å²) in [5, 5.41) is 7.27. The number of hydrogen-bond donors (Lipinski definition) is 1. The summed E-state index contributed by atoms with van der Waals surface area (Å²) in [6, 6.07) is 11.3. The Bertz CT molecular complexity index is 1310. The van der Waals surface area contributed by atoms with Crippen LogP contribution in [0, 0.1) is 6.92 Å². The highest BCUT2D eigenvalue weighted by Crippen LogP contribution is 2.36. The number of anilines is 1. The van der Waals surface area contributed by atoms with E-state index < -0.39 is 35.0 Å². The Balaban J connectivity index is 1.69. The van der Waals surface area contributed by atoms with Crippen LogP contribution in [0.15, 0.2) is 60.8 Å². The molecular formula is C22H14F6N4O. The number of carbonyl (C=O) groups is 1. The molecule has 0 fully saturated rings. The van der Waals surface area contributed by atoms with Gasteiger partial charge in [0.25, 0.3) is 5.91 Å². The topological polar surface area (TPSA) is 59.8 Å². The Hall–Kier alpha value is -3.89. The fourth-order valence-corrected chi connectivity index (χ4v) is 3.25. The Labute approximate surface area is 182 Å². The van der Waals surface area contributed by atoms with E-state index in [0.717, 1.165) is 5.69 Å². The van der Waals surface area contributed by atoms with Gasteiger partial charge in [-0.15, -0.1) is 0 Å². The number of alkyl halides is 6. The third-order valence-electron chi connectivity index (χ3n) is 4.82. The van der Waals surface area contributed by atoms with Gasteiger partial charge in [-0.25, -0.2) is 9.67 Å². The van der Waals surface area contributed by atoms with Gasteiger partial charge in [0.05, 0.1) is 34.4 Å². The molecule has 0 spiro atoms. The molecule has 5 nitrogen and oxygen atoms in total. The number of rotatable bonds is 3. The zero-order chi connectivity index (χ0) is 24.0. The predicted molar refractivity (Wildman–Crippen MR) is 108 cm³/mol. The monoisotopic (exact) mass is 464 g/mol. The molecular weight excluding hydrogens is 450 g/mol. The van der Waals surface area contributed by atoms with Crippen molar-refractivity contribution in [2.24, 2.45) is 0 Å². The van der Waals surface area contributed by atoms with Crippen LogP contribution < -0.4 is 5.32 Å². The zero-order valence-electron chi connectivity index (χ0n) is 16.8. The summed E-state index contributed by atoms with van der Waals surface area (Å²) in [5.74, 6) is -1.14. The first-order chi connectivity index (χ1) is 15.4. The number of para-hydroxylation sites is 1. The summed E-state index contributed by atoms with van der Waals surface area (Å²) in [6.45, 7) is 1.71. The van der Waals surface area contributed by atoms with E-state index in [9.17, 15) is 31.1 Å². The van der Waals surface area contributed by atoms with Gasteiger partial charge in [0.2, 0.25) is 0 Å². The molecule has 0 unspecified atom stereocenters. The van der Waals surface area contributed by atoms with Gasteiger partial charge in [-0.1, -0.05) is 18.2 Å². The van der Waals surface area contributed by atoms with Gasteiger partial charge < -0.3 is 5.32 Å². The number of nitrogens with one attached hydrogen (secondary N) is 1. The zero-order valence-corrected chi connectivity index (χ0v) is 16.8. The Kier molecular flexibility index (Phi) is 5.35. The summed E-state index contributed by atoms with van der Waals surface area (Å²) in [4.78, 5) is 16.8. The molecule has 0 bridgehead atoms. The normalized spacial score (nSPS) is 12.2. The molecule has 4 aromatic rings. The van der Waals surface area contributed by atoms with Crippen molar-refractivity contribution in [3.05, 3.63) is 83.2 Å². The molecule has 0 aliphatic rings. The van der Waals surface area contributed by atoms with Gasteiger partial charge in [-0.3, -0.25) is 4.79 Å². The van der Waals surface area contributed by atoms with E-state index in [4.69, 9.17) is 0 Å². The molecule has 1 N–H and O–H groups in total. The molecule has 2 aromatic carbocycles. The Morgan fingerprint density at radius 1 is 0.909 bits per heavy atom. The molecule has 0 aliphatic heterocycles. The van der Waals surface area contributed by atoms with Crippen LogP contribution in [0.3, 0.4) is 0 Å². The standard InChI is InChI=1S/C22H14F6N4O/c1-12-18-10-16(11-29-19(18)32(31-12)17-5-3-2-4-6-17)30-20(33)13-7-14(21(23,24)25)9-15(8-13)22(26,27)28/h2-11H,1H3,(H,30,33). The van der Waals surface area contributed by atoms with E-state index in [2.05, 4.69) is 15.4 Å². The fourth-order valence-electron chi connectivity index (χ4n) is 3.25. The second-order valence-electron chi connectivity index (χ2n) is 7.18. The van der Waals surface area contributed by atoms with Crippen molar-refractivity contribution in [1.29, 1.82) is 0 Å². The average Bonchev–Trinajstić information content (AvgIpc) is 3.09. The average molecular weight is 464 g/mol. The summed E-state index contributed by atoms with van der Waals surface area (Å²) in [7, 11) is 0. The molecule has 0 radical (unpaired) electrons. The molecule has 0 aliphatic carbocycles. The molecule has 2 aromatic heterocycles. The number of hydrogen-bond acceptors (Lipinski definition) is 3. The molecule has 2 heterocycles. The van der Waals surface area contributed by atoms with Gasteiger partial charge >= 0.3 is 12.4 Å². The maximum Gasteiger partial charge on any atom is 0.416 e. The maximum absolute atomic E-state index is 13.1. The van der Waals surface area contributed by atoms with Crippen LogP contribution in [-0.4, -0.2) is 20.7 Å². The molecule has 170 valence electrons. The van der Waals surface area contributed by atoms with Crippen molar-refractivity contribution in [3.63, 3.8) is 0 Å². The van der Waals surface area contributed by atoms with Crippen molar-refractivity contribution >= 4 is 22.6 Å². The van der Waals surface area contributed by atoms with Crippen LogP contribution in [0.1, 0.15) is 27.2 Å². The van der Waals surface area contributed by atoms with Crippen LogP contribution in [0.25, 0.3) is 16.7 Å². The smallest absolute Gasteiger partial charge is 0.321 e. The van der Waals surface area contributed by atoms with Crippen LogP contribution in [0.4, 0.5) is 32.0 Å². The molecule has 33 heavy (non-hydrogen) atoms. The van der Waals surface area contributed by atoms with Crippen LogP contribution in [0.2, 0.25) is 0 Å². The quantitative estimate of drug-likeness (QED) is 0.378. The lowest BCUT2D eigenvalue weighted by Crippen LogP contribution is -2.17. The molecule has 0 saturated carbocycles. The first kappa shape index (κ1) is 22.3. The lowest BCUT2D eigenvalue weighted by atomic mass is 10.0. The summed E-state index contributed by atoms with van der Waals surface area (Å²) < 4.78 is 80.0. The Morgan fingerprint density at radius 2 is 1.52 bits per heavy atom. The number of amides is 1. The highest BCUT2D eigenvalue weighted by atomic mass is 19.4. The van der Waals surface area contributed by atoms with Crippen molar-refractivity contribution in [2.45, 2.75) is 19.3 Å². The van der Waals surface area contributed by atoms with E-state index in [0.29, 0.717) is 28.9 Å². The first-order valence-corrected chi connectivity index (χ1v) is 9.45. The molecule has 1 amide bonds. The fraction of sp³-hybridized carbons (Fsp3) is 0.136. The number of halogens is 6. The van der Waals surface area contributed by atoms with Crippen molar-refractivity contribution in [2.75, 3.05) is 5.32 Å². The van der Waals surface area contributed by atoms with Gasteiger partial charge in [0, 0.05) is 10.9 Å². The number of carbonyl (C=O) groups excluding carboxylic acids is 1. The number of benzene rings is 2. The van der Waals surface area contributed by atoms with Gasteiger partial charge in [-0.05, 0) is 43.3 Å². The largest absolute Gasteiger partial charge is 0.416 e. The highest BCUT2D eigenvalue weighted by molar-refractivity contribution is 6.05. The maximum atomic E-state index is 13.1. The van der Waals surface area contributed by atoms with E-state index >= 15 is 0 Å². The second-order valence-corrected chi connectivity index (χ2v) is 7.18. The van der Waals surface area contributed by atoms with Crippen LogP contribution in [-0.2, 0) is 12.4 Å². The van der Waals surface area contributed by atoms with Crippen LogP contribution >= 0.6 is 0 Å². The van der Waals surface area contributed by atoms with Crippen LogP contribution in [0.5, 0.6) is 0 Å². The third kappa shape index (κ3) is 4.52. The second kappa shape index (κ2) is 7.91. The van der Waals surface area contributed by atoms with Gasteiger partial charge in [0.15, 0.2) is 5.65 Å². The van der Waals surface area contributed by atoms with E-state index in [1.165, 1.54) is 12.3 Å². The summed E-state index contributed by atoms with van der Waals surface area (Å²) >= 11 is 0. The first-order valence-electron chi connectivity index (χ1n) is 9.45. The minimum atomic E-state index is -5.06. The Morgan fingerprint density at radius 3 is 2.09 bits per heavy atom. The van der Waals surface area contributed by atoms with E-state index in [-0.39, 0.29) is 11.8 Å². The van der Waals surface area contributed by atoms with Gasteiger partial charge in [-0.2, -0.15) is 31.4 Å². The van der Waals surface area contributed by atoms with Gasteiger partial charge in [0.1, 0.15) is 0 Å². The number of nitrogens with zero attached hydrogens (tertiary/aromatic N) is 3. The lowest BCUT2D eigenvalue weighted by Gasteiger charge is -2.14. The molecule has 4 rings (SSSR count). The van der Waals surface area contributed by atoms with Crippen molar-refractivity contribution in [3.8, 4) is 5.69 Å². The third-order valence-corrected chi connectivity index (χ3v) is 4.82.